The summed E-state index contributed by atoms with van der Waals surface area (Å²) in [5, 5.41) is 2.53. The molecule has 4 rings (SSSR count). The number of alkyl halides is 3. The number of hydrogen-bond acceptors (Lipinski definition) is 2. The van der Waals surface area contributed by atoms with E-state index in [4.69, 9.17) is 11.6 Å². The van der Waals surface area contributed by atoms with Gasteiger partial charge in [0.1, 0.15) is 0 Å². The number of halogens is 5. The molecule has 0 aromatic heterocycles. The van der Waals surface area contributed by atoms with Crippen LogP contribution in [-0.2, 0) is 6.18 Å². The molecule has 2 bridgehead atoms. The van der Waals surface area contributed by atoms with E-state index in [0.717, 1.165) is 44.0 Å². The highest BCUT2D eigenvalue weighted by Gasteiger charge is 2.52. The molecule has 1 aliphatic carbocycles. The average molecular weight is 487 g/mol. The lowest BCUT2D eigenvalue weighted by molar-refractivity contribution is -0.137. The van der Waals surface area contributed by atoms with Crippen molar-refractivity contribution in [3.05, 3.63) is 70.2 Å². The van der Waals surface area contributed by atoms with E-state index >= 15 is 0 Å². The summed E-state index contributed by atoms with van der Waals surface area (Å²) in [5.41, 5.74) is -0.435. The lowest BCUT2D eigenvalue weighted by Gasteiger charge is -2.46. The molecule has 1 saturated carbocycles. The molecule has 1 heterocycles. The molecule has 3 nitrogen and oxygen atoms in total. The summed E-state index contributed by atoms with van der Waals surface area (Å²) >= 11 is 6.05. The van der Waals surface area contributed by atoms with Crippen LogP contribution >= 0.6 is 24.0 Å². The van der Waals surface area contributed by atoms with E-state index in [9.17, 15) is 18.0 Å². The van der Waals surface area contributed by atoms with Gasteiger partial charge in [-0.1, -0.05) is 61.3 Å². The van der Waals surface area contributed by atoms with Gasteiger partial charge in [0.05, 0.1) is 22.2 Å². The Balaban J connectivity index is 0.00000289. The van der Waals surface area contributed by atoms with Gasteiger partial charge in [0, 0.05) is 12.1 Å². The van der Waals surface area contributed by atoms with Crippen LogP contribution in [0, 0.1) is 5.92 Å². The molecule has 2 aromatic rings. The molecule has 1 N–H and O–H groups in total. The first-order valence-electron chi connectivity index (χ1n) is 10.7. The van der Waals surface area contributed by atoms with Gasteiger partial charge >= 0.3 is 6.18 Å². The normalized spacial score (nSPS) is 24.0. The molecular weight excluding hydrogens is 460 g/mol. The lowest BCUT2D eigenvalue weighted by atomic mass is 9.73. The van der Waals surface area contributed by atoms with Crippen molar-refractivity contribution in [3.63, 3.8) is 0 Å². The second-order valence-electron chi connectivity index (χ2n) is 8.59. The monoisotopic (exact) mass is 486 g/mol. The van der Waals surface area contributed by atoms with Gasteiger partial charge in [-0.25, -0.2) is 0 Å². The maximum atomic E-state index is 13.3. The second kappa shape index (κ2) is 9.62. The van der Waals surface area contributed by atoms with Gasteiger partial charge in [-0.05, 0) is 49.4 Å². The summed E-state index contributed by atoms with van der Waals surface area (Å²) in [4.78, 5) is 15.7. The van der Waals surface area contributed by atoms with Crippen LogP contribution in [0.3, 0.4) is 0 Å². The second-order valence-corrected chi connectivity index (χ2v) is 8.96. The molecule has 1 amide bonds. The molecular formula is C24H27Cl2F3N2O. The van der Waals surface area contributed by atoms with Crippen LogP contribution in [-0.4, -0.2) is 29.4 Å². The minimum absolute atomic E-state index is 0. The SMILES string of the molecule is CCN1CC2CCCC1(C(NC(=O)c1cccc(C(F)(F)F)c1Cl)c1ccccc1)C2.Cl. The van der Waals surface area contributed by atoms with Gasteiger partial charge in [-0.3, -0.25) is 9.69 Å². The zero-order chi connectivity index (χ0) is 22.2. The molecule has 0 radical (unpaired) electrons. The highest BCUT2D eigenvalue weighted by molar-refractivity contribution is 6.34. The Bertz CT molecular complexity index is 954. The van der Waals surface area contributed by atoms with Crippen molar-refractivity contribution in [1.82, 2.24) is 10.2 Å². The van der Waals surface area contributed by atoms with Crippen LogP contribution in [0.5, 0.6) is 0 Å². The maximum Gasteiger partial charge on any atom is 0.417 e. The predicted molar refractivity (Wildman–Crippen MR) is 122 cm³/mol. The van der Waals surface area contributed by atoms with Gasteiger partial charge < -0.3 is 5.32 Å². The van der Waals surface area contributed by atoms with Crippen LogP contribution in [0.25, 0.3) is 0 Å². The number of hydrogen-bond donors (Lipinski definition) is 1. The van der Waals surface area contributed by atoms with Gasteiger partial charge in [-0.15, -0.1) is 12.4 Å². The fourth-order valence-electron chi connectivity index (χ4n) is 5.53. The Labute approximate surface area is 197 Å². The Morgan fingerprint density at radius 3 is 2.59 bits per heavy atom. The van der Waals surface area contributed by atoms with Crippen molar-refractivity contribution in [2.75, 3.05) is 13.1 Å². The molecule has 2 aliphatic rings. The van der Waals surface area contributed by atoms with Crippen LogP contribution in [0.1, 0.15) is 60.1 Å². The van der Waals surface area contributed by atoms with E-state index < -0.39 is 22.7 Å². The van der Waals surface area contributed by atoms with E-state index in [2.05, 4.69) is 17.1 Å². The van der Waals surface area contributed by atoms with E-state index in [1.165, 1.54) is 18.6 Å². The number of carbonyl (C=O) groups is 1. The van der Waals surface area contributed by atoms with E-state index in [-0.39, 0.29) is 29.6 Å². The summed E-state index contributed by atoms with van der Waals surface area (Å²) in [6.07, 6.45) is -0.464. The summed E-state index contributed by atoms with van der Waals surface area (Å²) < 4.78 is 39.9. The number of fused-ring (bicyclic) bond motifs is 2. The van der Waals surface area contributed by atoms with E-state index in [1.54, 1.807) is 0 Å². The minimum atomic E-state index is -4.62. The van der Waals surface area contributed by atoms with Gasteiger partial charge in [-0.2, -0.15) is 13.2 Å². The standard InChI is InChI=1S/C24H26ClF3N2O.ClH/c1-2-30-15-16-8-7-13-23(30,14-16)21(17-9-4-3-5-10-17)29-22(31)18-11-6-12-19(20(18)25)24(26,27)28;/h3-6,9-12,16,21H,2,7-8,13-15H2,1H3,(H,29,31);1H. The summed E-state index contributed by atoms with van der Waals surface area (Å²) in [7, 11) is 0. The molecule has 1 saturated heterocycles. The van der Waals surface area contributed by atoms with E-state index in [1.807, 2.05) is 30.3 Å². The van der Waals surface area contributed by atoms with Crippen molar-refractivity contribution < 1.29 is 18.0 Å². The largest absolute Gasteiger partial charge is 0.417 e. The topological polar surface area (TPSA) is 32.3 Å². The molecule has 3 unspecified atom stereocenters. The minimum Gasteiger partial charge on any atom is -0.343 e. The van der Waals surface area contributed by atoms with Crippen molar-refractivity contribution in [2.24, 2.45) is 5.92 Å². The number of likely N-dealkylation sites (N-methyl/N-ethyl adjacent to an activating group) is 1. The number of rotatable bonds is 5. The number of likely N-dealkylation sites (tertiary alicyclic amines) is 1. The Hall–Kier alpha value is -1.76. The number of amides is 1. The van der Waals surface area contributed by atoms with Gasteiger partial charge in [0.15, 0.2) is 0 Å². The van der Waals surface area contributed by atoms with Crippen molar-refractivity contribution in [1.29, 1.82) is 0 Å². The number of nitrogens with one attached hydrogen (secondary N) is 1. The zero-order valence-electron chi connectivity index (χ0n) is 17.8. The Kier molecular flexibility index (Phi) is 7.48. The van der Waals surface area contributed by atoms with Crippen LogP contribution in [0.15, 0.2) is 48.5 Å². The van der Waals surface area contributed by atoms with Crippen LogP contribution < -0.4 is 5.32 Å². The lowest BCUT2D eigenvalue weighted by Crippen LogP contribution is -2.54. The third kappa shape index (κ3) is 4.50. The van der Waals surface area contributed by atoms with Crippen molar-refractivity contribution >= 4 is 29.9 Å². The molecule has 2 fully saturated rings. The maximum absolute atomic E-state index is 13.3. The quantitative estimate of drug-likeness (QED) is 0.521. The van der Waals surface area contributed by atoms with Crippen LogP contribution in [0.2, 0.25) is 5.02 Å². The fourth-order valence-corrected chi connectivity index (χ4v) is 5.85. The first-order valence-corrected chi connectivity index (χ1v) is 11.1. The number of nitrogens with zero attached hydrogens (tertiary/aromatic N) is 1. The van der Waals surface area contributed by atoms with Gasteiger partial charge in [0.2, 0.25) is 0 Å². The smallest absolute Gasteiger partial charge is 0.343 e. The highest BCUT2D eigenvalue weighted by Crippen LogP contribution is 2.50. The van der Waals surface area contributed by atoms with Gasteiger partial charge in [0.25, 0.3) is 5.91 Å². The first kappa shape index (κ1) is 24.9. The molecule has 32 heavy (non-hydrogen) atoms. The number of carbonyl (C=O) groups excluding carboxylic acids is 1. The average Bonchev–Trinajstić information content (AvgIpc) is 3.01. The molecule has 1 aliphatic heterocycles. The van der Waals surface area contributed by atoms with Crippen LogP contribution in [0.4, 0.5) is 13.2 Å². The fraction of sp³-hybridized carbons (Fsp3) is 0.458. The third-order valence-electron chi connectivity index (χ3n) is 6.85. The highest BCUT2D eigenvalue weighted by atomic mass is 35.5. The first-order chi connectivity index (χ1) is 14.8. The molecule has 174 valence electrons. The van der Waals surface area contributed by atoms with Crippen molar-refractivity contribution in [2.45, 2.75) is 50.4 Å². The number of benzene rings is 2. The Morgan fingerprint density at radius 1 is 1.22 bits per heavy atom. The summed E-state index contributed by atoms with van der Waals surface area (Å²) in [6.45, 7) is 3.97. The predicted octanol–water partition coefficient (Wildman–Crippen LogP) is 6.52. The molecule has 0 spiro atoms. The summed E-state index contributed by atoms with van der Waals surface area (Å²) in [5.74, 6) is -0.00151. The molecule has 2 aromatic carbocycles. The third-order valence-corrected chi connectivity index (χ3v) is 7.26. The molecule has 8 heteroatoms. The summed E-state index contributed by atoms with van der Waals surface area (Å²) in [6, 6.07) is 12.9. The zero-order valence-corrected chi connectivity index (χ0v) is 19.4. The van der Waals surface area contributed by atoms with E-state index in [0.29, 0.717) is 5.92 Å². The van der Waals surface area contributed by atoms with Crippen molar-refractivity contribution in [3.8, 4) is 0 Å². The molecule has 3 atom stereocenters. The Morgan fingerprint density at radius 2 is 1.94 bits per heavy atom.